The average Bonchev–Trinajstić information content (AvgIpc) is 2.64. The number of rotatable bonds is 1. The molecular weight excluding hydrogens is 300 g/mol. The molecular formula is C17H15ClN2O2. The van der Waals surface area contributed by atoms with Crippen LogP contribution >= 0.6 is 11.6 Å². The molecule has 1 unspecified atom stereocenters. The summed E-state index contributed by atoms with van der Waals surface area (Å²) in [6.07, 6.45) is 0. The third kappa shape index (κ3) is 2.57. The van der Waals surface area contributed by atoms with E-state index in [0.717, 1.165) is 0 Å². The molecule has 1 atom stereocenters. The minimum absolute atomic E-state index is 0.0955. The summed E-state index contributed by atoms with van der Waals surface area (Å²) in [7, 11) is 0. The highest BCUT2D eigenvalue weighted by molar-refractivity contribution is 6.34. The molecule has 0 saturated heterocycles. The summed E-state index contributed by atoms with van der Waals surface area (Å²) in [5.74, 6) is -0.609. The van der Waals surface area contributed by atoms with Crippen LogP contribution in [0.2, 0.25) is 5.02 Å². The second-order valence-electron chi connectivity index (χ2n) is 5.30. The van der Waals surface area contributed by atoms with E-state index in [1.54, 1.807) is 42.2 Å². The van der Waals surface area contributed by atoms with Crippen molar-refractivity contribution in [3.05, 3.63) is 59.1 Å². The van der Waals surface area contributed by atoms with E-state index in [-0.39, 0.29) is 17.7 Å². The fourth-order valence-corrected chi connectivity index (χ4v) is 2.71. The number of anilines is 2. The normalized spacial score (nSPS) is 17.5. The first kappa shape index (κ1) is 14.6. The molecule has 2 aromatic carbocycles. The lowest BCUT2D eigenvalue weighted by molar-refractivity contribution is -0.119. The molecule has 5 heteroatoms. The summed E-state index contributed by atoms with van der Waals surface area (Å²) < 4.78 is 0. The second-order valence-corrected chi connectivity index (χ2v) is 5.71. The maximum Gasteiger partial charge on any atom is 0.259 e. The van der Waals surface area contributed by atoms with Crippen LogP contribution in [0.3, 0.4) is 0 Å². The number of hydrogen-bond donors (Lipinski definition) is 1. The van der Waals surface area contributed by atoms with Crippen LogP contribution in [0, 0.1) is 5.92 Å². The zero-order valence-corrected chi connectivity index (χ0v) is 12.8. The minimum atomic E-state index is -0.307. The number of fused-ring (bicyclic) bond motifs is 1. The smallest absolute Gasteiger partial charge is 0.259 e. The van der Waals surface area contributed by atoms with Crippen LogP contribution in [0.25, 0.3) is 0 Å². The molecule has 1 aliphatic rings. The number of nitrogens with zero attached hydrogens (tertiary/aromatic N) is 1. The van der Waals surface area contributed by atoms with Crippen LogP contribution in [-0.2, 0) is 4.79 Å². The van der Waals surface area contributed by atoms with Crippen LogP contribution in [-0.4, -0.2) is 18.4 Å². The Morgan fingerprint density at radius 1 is 1.18 bits per heavy atom. The van der Waals surface area contributed by atoms with Crippen LogP contribution in [0.4, 0.5) is 11.4 Å². The number of para-hydroxylation sites is 2. The largest absolute Gasteiger partial charge is 0.324 e. The average molecular weight is 315 g/mol. The Morgan fingerprint density at radius 3 is 2.64 bits per heavy atom. The molecule has 0 aliphatic carbocycles. The Hall–Kier alpha value is -2.33. The SMILES string of the molecule is CC1CN(C(=O)c2ccccc2Cl)c2ccccc2NC1=O. The van der Waals surface area contributed by atoms with E-state index in [1.165, 1.54) is 0 Å². The van der Waals surface area contributed by atoms with Gasteiger partial charge in [0.05, 0.1) is 27.9 Å². The monoisotopic (exact) mass is 314 g/mol. The highest BCUT2D eigenvalue weighted by Gasteiger charge is 2.29. The van der Waals surface area contributed by atoms with Gasteiger partial charge >= 0.3 is 0 Å². The molecule has 2 amide bonds. The molecule has 0 bridgehead atoms. The molecule has 3 rings (SSSR count). The van der Waals surface area contributed by atoms with Crippen molar-refractivity contribution in [2.24, 2.45) is 5.92 Å². The standard InChI is InChI=1S/C17H15ClN2O2/c1-11-10-20(17(22)12-6-2-3-7-13(12)18)15-9-5-4-8-14(15)19-16(11)21/h2-9,11H,10H2,1H3,(H,19,21). The van der Waals surface area contributed by atoms with Crippen LogP contribution in [0.5, 0.6) is 0 Å². The van der Waals surface area contributed by atoms with Crippen molar-refractivity contribution < 1.29 is 9.59 Å². The van der Waals surface area contributed by atoms with Gasteiger partial charge in [-0.2, -0.15) is 0 Å². The fourth-order valence-electron chi connectivity index (χ4n) is 2.50. The van der Waals surface area contributed by atoms with Gasteiger partial charge in [-0.05, 0) is 24.3 Å². The Labute approximate surface area is 133 Å². The van der Waals surface area contributed by atoms with Gasteiger partial charge in [-0.1, -0.05) is 42.8 Å². The van der Waals surface area contributed by atoms with E-state index in [1.807, 2.05) is 18.2 Å². The maximum atomic E-state index is 12.9. The van der Waals surface area contributed by atoms with E-state index in [0.29, 0.717) is 28.5 Å². The Morgan fingerprint density at radius 2 is 1.86 bits per heavy atom. The molecule has 0 radical (unpaired) electrons. The lowest BCUT2D eigenvalue weighted by atomic mass is 10.1. The van der Waals surface area contributed by atoms with Crippen molar-refractivity contribution >= 4 is 34.8 Å². The number of benzene rings is 2. The lowest BCUT2D eigenvalue weighted by Gasteiger charge is -2.24. The van der Waals surface area contributed by atoms with E-state index < -0.39 is 0 Å². The predicted octanol–water partition coefficient (Wildman–Crippen LogP) is 3.58. The summed E-state index contributed by atoms with van der Waals surface area (Å²) in [6, 6.07) is 14.2. The van der Waals surface area contributed by atoms with Gasteiger partial charge in [-0.25, -0.2) is 0 Å². The number of carbonyl (C=O) groups is 2. The van der Waals surface area contributed by atoms with E-state index in [4.69, 9.17) is 11.6 Å². The zero-order valence-electron chi connectivity index (χ0n) is 12.0. The quantitative estimate of drug-likeness (QED) is 0.874. The molecule has 4 nitrogen and oxygen atoms in total. The molecule has 0 spiro atoms. The molecule has 0 aromatic heterocycles. The van der Waals surface area contributed by atoms with Gasteiger partial charge in [0.1, 0.15) is 0 Å². The molecule has 0 fully saturated rings. The van der Waals surface area contributed by atoms with E-state index in [9.17, 15) is 9.59 Å². The predicted molar refractivity (Wildman–Crippen MR) is 87.4 cm³/mol. The first-order chi connectivity index (χ1) is 10.6. The number of hydrogen-bond acceptors (Lipinski definition) is 2. The van der Waals surface area contributed by atoms with Gasteiger partial charge < -0.3 is 10.2 Å². The molecule has 2 aromatic rings. The van der Waals surface area contributed by atoms with Crippen molar-refractivity contribution in [1.29, 1.82) is 0 Å². The van der Waals surface area contributed by atoms with Crippen molar-refractivity contribution in [2.75, 3.05) is 16.8 Å². The molecule has 1 N–H and O–H groups in total. The Balaban J connectivity index is 2.07. The summed E-state index contributed by atoms with van der Waals surface area (Å²) >= 11 is 6.14. The molecule has 0 saturated carbocycles. The van der Waals surface area contributed by atoms with Crippen LogP contribution < -0.4 is 10.2 Å². The third-order valence-corrected chi connectivity index (χ3v) is 4.04. The molecule has 22 heavy (non-hydrogen) atoms. The van der Waals surface area contributed by atoms with Gasteiger partial charge in [0.15, 0.2) is 0 Å². The fraction of sp³-hybridized carbons (Fsp3) is 0.176. The van der Waals surface area contributed by atoms with E-state index >= 15 is 0 Å². The second kappa shape index (κ2) is 5.81. The van der Waals surface area contributed by atoms with Gasteiger partial charge in [0.25, 0.3) is 5.91 Å². The van der Waals surface area contributed by atoms with Gasteiger partial charge in [0, 0.05) is 6.54 Å². The number of nitrogens with one attached hydrogen (secondary N) is 1. The van der Waals surface area contributed by atoms with Crippen molar-refractivity contribution in [1.82, 2.24) is 0 Å². The first-order valence-corrected chi connectivity index (χ1v) is 7.42. The van der Waals surface area contributed by atoms with Gasteiger partial charge in [-0.3, -0.25) is 9.59 Å². The zero-order chi connectivity index (χ0) is 15.7. The molecule has 112 valence electrons. The number of carbonyl (C=O) groups excluding carboxylic acids is 2. The van der Waals surface area contributed by atoms with Crippen LogP contribution in [0.1, 0.15) is 17.3 Å². The topological polar surface area (TPSA) is 49.4 Å². The number of amides is 2. The third-order valence-electron chi connectivity index (χ3n) is 3.71. The van der Waals surface area contributed by atoms with Gasteiger partial charge in [0.2, 0.25) is 5.91 Å². The molecule has 1 aliphatic heterocycles. The Bertz CT molecular complexity index is 745. The maximum absolute atomic E-state index is 12.9. The Kier molecular flexibility index (Phi) is 3.86. The number of halogens is 1. The summed E-state index contributed by atoms with van der Waals surface area (Å²) in [5.41, 5.74) is 1.75. The van der Waals surface area contributed by atoms with E-state index in [2.05, 4.69) is 5.32 Å². The molecule has 1 heterocycles. The highest BCUT2D eigenvalue weighted by Crippen LogP contribution is 2.31. The first-order valence-electron chi connectivity index (χ1n) is 7.04. The highest BCUT2D eigenvalue weighted by atomic mass is 35.5. The lowest BCUT2D eigenvalue weighted by Crippen LogP contribution is -2.36. The van der Waals surface area contributed by atoms with Crippen molar-refractivity contribution in [3.8, 4) is 0 Å². The summed E-state index contributed by atoms with van der Waals surface area (Å²) in [6.45, 7) is 2.11. The summed E-state index contributed by atoms with van der Waals surface area (Å²) in [4.78, 5) is 26.6. The van der Waals surface area contributed by atoms with Crippen LogP contribution in [0.15, 0.2) is 48.5 Å². The minimum Gasteiger partial charge on any atom is -0.324 e. The van der Waals surface area contributed by atoms with Gasteiger partial charge in [-0.15, -0.1) is 0 Å². The van der Waals surface area contributed by atoms with Crippen molar-refractivity contribution in [3.63, 3.8) is 0 Å². The van der Waals surface area contributed by atoms with Crippen molar-refractivity contribution in [2.45, 2.75) is 6.92 Å². The summed E-state index contributed by atoms with van der Waals surface area (Å²) in [5, 5.41) is 3.26.